The van der Waals surface area contributed by atoms with Gasteiger partial charge in [-0.1, -0.05) is 74.3 Å². The highest BCUT2D eigenvalue weighted by Gasteiger charge is 2.22. The van der Waals surface area contributed by atoms with Gasteiger partial charge in [0, 0.05) is 20.9 Å². The van der Waals surface area contributed by atoms with Gasteiger partial charge in [0.05, 0.1) is 0 Å². The molecule has 1 atom stereocenters. The van der Waals surface area contributed by atoms with Crippen molar-refractivity contribution in [1.82, 2.24) is 5.32 Å². The van der Waals surface area contributed by atoms with E-state index in [0.29, 0.717) is 17.9 Å². The molecule has 0 unspecified atom stereocenters. The number of benzene rings is 3. The number of nitrogens with one attached hydrogen (secondary N) is 1. The fraction of sp³-hybridized carbons (Fsp3) is 0.130. The predicted octanol–water partition coefficient (Wildman–Crippen LogP) is 5.22. The van der Waals surface area contributed by atoms with E-state index in [1.165, 1.54) is 0 Å². The number of halogens is 2. The van der Waals surface area contributed by atoms with Gasteiger partial charge in [-0.05, 0) is 41.5 Å². The van der Waals surface area contributed by atoms with E-state index in [2.05, 4.69) is 37.2 Å². The topological polar surface area (TPSA) is 75.6 Å². The molecule has 5 nitrogen and oxygen atoms in total. The summed E-state index contributed by atoms with van der Waals surface area (Å²) in [6.07, 6.45) is 0.138. The lowest BCUT2D eigenvalue weighted by atomic mass is 10.0. The van der Waals surface area contributed by atoms with Crippen molar-refractivity contribution in [2.75, 3.05) is 0 Å². The first-order valence-corrected chi connectivity index (χ1v) is 10.7. The van der Waals surface area contributed by atoms with Crippen molar-refractivity contribution >= 4 is 43.7 Å². The summed E-state index contributed by atoms with van der Waals surface area (Å²) in [6, 6.07) is 21.0. The maximum absolute atomic E-state index is 12.5. The number of carbonyl (C=O) groups is 2. The molecule has 0 heterocycles. The van der Waals surface area contributed by atoms with E-state index < -0.39 is 17.9 Å². The number of hydrogen-bond donors (Lipinski definition) is 2. The van der Waals surface area contributed by atoms with Crippen molar-refractivity contribution in [3.8, 4) is 5.75 Å². The van der Waals surface area contributed by atoms with E-state index >= 15 is 0 Å². The van der Waals surface area contributed by atoms with Crippen LogP contribution in [0.3, 0.4) is 0 Å². The standard InChI is InChI=1S/C23H19Br2NO4/c24-18-11-17(12-19(25)13-18)22(27)26-21(23(28)29)10-16-7-4-8-20(9-16)30-14-15-5-2-1-3-6-15/h1-9,11-13,21H,10,14H2,(H,26,27)(H,28,29)/t21-/m1/s1. The zero-order chi connectivity index (χ0) is 21.5. The number of carboxylic acids is 1. The molecule has 3 aromatic carbocycles. The third-order valence-corrected chi connectivity index (χ3v) is 5.23. The van der Waals surface area contributed by atoms with Gasteiger partial charge >= 0.3 is 5.97 Å². The zero-order valence-corrected chi connectivity index (χ0v) is 19.0. The molecule has 0 spiro atoms. The van der Waals surface area contributed by atoms with E-state index in [1.54, 1.807) is 24.3 Å². The number of carbonyl (C=O) groups excluding carboxylic acids is 1. The average molecular weight is 533 g/mol. The van der Waals surface area contributed by atoms with E-state index in [9.17, 15) is 14.7 Å². The van der Waals surface area contributed by atoms with Crippen LogP contribution in [0, 0.1) is 0 Å². The molecule has 1 amide bonds. The maximum atomic E-state index is 12.5. The van der Waals surface area contributed by atoms with Crippen molar-refractivity contribution in [2.45, 2.75) is 19.1 Å². The van der Waals surface area contributed by atoms with Crippen LogP contribution < -0.4 is 10.1 Å². The lowest BCUT2D eigenvalue weighted by molar-refractivity contribution is -0.139. The minimum atomic E-state index is -1.10. The van der Waals surface area contributed by atoms with Crippen LogP contribution in [0.4, 0.5) is 0 Å². The summed E-state index contributed by atoms with van der Waals surface area (Å²) < 4.78 is 7.25. The molecule has 7 heteroatoms. The highest BCUT2D eigenvalue weighted by molar-refractivity contribution is 9.11. The Hall–Kier alpha value is -2.64. The van der Waals surface area contributed by atoms with E-state index in [0.717, 1.165) is 20.1 Å². The smallest absolute Gasteiger partial charge is 0.326 e. The van der Waals surface area contributed by atoms with Gasteiger partial charge in [-0.3, -0.25) is 4.79 Å². The molecule has 154 valence electrons. The fourth-order valence-electron chi connectivity index (χ4n) is 2.87. The summed E-state index contributed by atoms with van der Waals surface area (Å²) in [5, 5.41) is 12.2. The van der Waals surface area contributed by atoms with E-state index in [1.807, 2.05) is 48.5 Å². The number of amides is 1. The summed E-state index contributed by atoms with van der Waals surface area (Å²) >= 11 is 6.66. The normalized spacial score (nSPS) is 11.5. The number of aliphatic carboxylic acids is 1. The van der Waals surface area contributed by atoms with Crippen LogP contribution in [0.25, 0.3) is 0 Å². The van der Waals surface area contributed by atoms with Crippen molar-refractivity contribution < 1.29 is 19.4 Å². The number of carboxylic acid groups (broad SMARTS) is 1. The summed E-state index contributed by atoms with van der Waals surface area (Å²) in [5.41, 5.74) is 2.16. The van der Waals surface area contributed by atoms with E-state index in [4.69, 9.17) is 4.74 Å². The van der Waals surface area contributed by atoms with Crippen molar-refractivity contribution in [3.63, 3.8) is 0 Å². The summed E-state index contributed by atoms with van der Waals surface area (Å²) in [7, 11) is 0. The van der Waals surface area contributed by atoms with Gasteiger partial charge in [0.1, 0.15) is 18.4 Å². The Morgan fingerprint density at radius 3 is 2.23 bits per heavy atom. The molecule has 0 aliphatic heterocycles. The molecule has 30 heavy (non-hydrogen) atoms. The van der Waals surface area contributed by atoms with Gasteiger partial charge in [-0.15, -0.1) is 0 Å². The molecule has 0 aliphatic rings. The average Bonchev–Trinajstić information content (AvgIpc) is 2.72. The number of rotatable bonds is 8. The van der Waals surface area contributed by atoms with Crippen molar-refractivity contribution in [1.29, 1.82) is 0 Å². The third-order valence-electron chi connectivity index (χ3n) is 4.31. The minimum Gasteiger partial charge on any atom is -0.489 e. The van der Waals surface area contributed by atoms with Gasteiger partial charge in [0.15, 0.2) is 0 Å². The molecule has 0 bridgehead atoms. The molecule has 0 aromatic heterocycles. The molecule has 0 radical (unpaired) electrons. The highest BCUT2D eigenvalue weighted by atomic mass is 79.9. The van der Waals surface area contributed by atoms with Crippen LogP contribution in [0.5, 0.6) is 5.75 Å². The second-order valence-corrected chi connectivity index (χ2v) is 8.48. The van der Waals surface area contributed by atoms with Gasteiger partial charge in [-0.25, -0.2) is 4.79 Å². The molecule has 0 aliphatic carbocycles. The lowest BCUT2D eigenvalue weighted by Crippen LogP contribution is -2.42. The first-order chi connectivity index (χ1) is 14.4. The number of ether oxygens (including phenoxy) is 1. The molecular weight excluding hydrogens is 514 g/mol. The first-order valence-electron chi connectivity index (χ1n) is 9.16. The summed E-state index contributed by atoms with van der Waals surface area (Å²) in [6.45, 7) is 0.418. The molecular formula is C23H19Br2NO4. The second kappa shape index (κ2) is 10.4. The predicted molar refractivity (Wildman–Crippen MR) is 122 cm³/mol. The largest absolute Gasteiger partial charge is 0.489 e. The highest BCUT2D eigenvalue weighted by Crippen LogP contribution is 2.21. The van der Waals surface area contributed by atoms with Gasteiger partial charge in [0.25, 0.3) is 5.91 Å². The fourth-order valence-corrected chi connectivity index (χ4v) is 4.16. The molecule has 3 aromatic rings. The monoisotopic (exact) mass is 531 g/mol. The Kier molecular flexibility index (Phi) is 7.65. The lowest BCUT2D eigenvalue weighted by Gasteiger charge is -2.16. The Bertz CT molecular complexity index is 1020. The molecule has 3 rings (SSSR count). The summed E-state index contributed by atoms with van der Waals surface area (Å²) in [5.74, 6) is -0.920. The van der Waals surface area contributed by atoms with Crippen LogP contribution in [0.1, 0.15) is 21.5 Å². The van der Waals surface area contributed by atoms with Crippen LogP contribution in [-0.4, -0.2) is 23.0 Å². The minimum absolute atomic E-state index is 0.138. The van der Waals surface area contributed by atoms with Gasteiger partial charge in [0.2, 0.25) is 0 Å². The van der Waals surface area contributed by atoms with Crippen molar-refractivity contribution in [3.05, 3.63) is 98.4 Å². The van der Waals surface area contributed by atoms with Crippen LogP contribution in [-0.2, 0) is 17.8 Å². The SMILES string of the molecule is O=C(N[C@H](Cc1cccc(OCc2ccccc2)c1)C(=O)O)c1cc(Br)cc(Br)c1. The summed E-state index contributed by atoms with van der Waals surface area (Å²) in [4.78, 5) is 24.3. The van der Waals surface area contributed by atoms with Crippen LogP contribution in [0.2, 0.25) is 0 Å². The molecule has 0 saturated heterocycles. The molecule has 0 saturated carbocycles. The molecule has 2 N–H and O–H groups in total. The second-order valence-electron chi connectivity index (χ2n) is 6.65. The Labute approximate surface area is 191 Å². The van der Waals surface area contributed by atoms with Crippen molar-refractivity contribution in [2.24, 2.45) is 0 Å². The Balaban J connectivity index is 1.67. The molecule has 0 fully saturated rings. The Morgan fingerprint density at radius 1 is 0.900 bits per heavy atom. The van der Waals surface area contributed by atoms with E-state index in [-0.39, 0.29) is 6.42 Å². The van der Waals surface area contributed by atoms with Crippen LogP contribution in [0.15, 0.2) is 81.7 Å². The Morgan fingerprint density at radius 2 is 1.57 bits per heavy atom. The third kappa shape index (κ3) is 6.43. The quantitative estimate of drug-likeness (QED) is 0.417. The van der Waals surface area contributed by atoms with Crippen LogP contribution >= 0.6 is 31.9 Å². The van der Waals surface area contributed by atoms with Gasteiger partial charge < -0.3 is 15.2 Å². The number of hydrogen-bond acceptors (Lipinski definition) is 3. The zero-order valence-electron chi connectivity index (χ0n) is 15.8. The van der Waals surface area contributed by atoms with Gasteiger partial charge in [-0.2, -0.15) is 0 Å². The maximum Gasteiger partial charge on any atom is 0.326 e. The first kappa shape index (κ1) is 22.1.